The summed E-state index contributed by atoms with van der Waals surface area (Å²) in [6, 6.07) is 5.70. The van der Waals surface area contributed by atoms with Crippen molar-refractivity contribution in [3.63, 3.8) is 0 Å². The summed E-state index contributed by atoms with van der Waals surface area (Å²) in [5.41, 5.74) is 0.940. The number of urea groups is 1. The lowest BCUT2D eigenvalue weighted by Gasteiger charge is -2.13. The molecule has 6 nitrogen and oxygen atoms in total. The van der Waals surface area contributed by atoms with Crippen molar-refractivity contribution in [1.29, 1.82) is 0 Å². The molecule has 0 aliphatic carbocycles. The van der Waals surface area contributed by atoms with E-state index < -0.39 is 12.1 Å². The van der Waals surface area contributed by atoms with Gasteiger partial charge in [0.2, 0.25) is 5.91 Å². The van der Waals surface area contributed by atoms with Crippen LogP contribution in [0.3, 0.4) is 0 Å². The van der Waals surface area contributed by atoms with Crippen LogP contribution in [0.4, 0.5) is 4.79 Å². The van der Waals surface area contributed by atoms with Crippen LogP contribution in [-0.2, 0) is 11.3 Å². The number of rotatable bonds is 5. The number of carbonyl (C=O) groups excluding carboxylic acids is 2. The fraction of sp³-hybridized carbons (Fsp3) is 0.385. The number of aromatic hydroxyl groups is 1. The monoisotopic (exact) mass is 265 g/mol. The number of hydrogen-bond donors (Lipinski definition) is 4. The molecule has 104 valence electrons. The minimum atomic E-state index is -0.495. The fourth-order valence-corrected chi connectivity index (χ4v) is 1.40. The van der Waals surface area contributed by atoms with Crippen LogP contribution >= 0.6 is 0 Å². The second kappa shape index (κ2) is 7.38. The van der Waals surface area contributed by atoms with Crippen LogP contribution in [0.25, 0.3) is 0 Å². The maximum Gasteiger partial charge on any atom is 0.321 e. The Morgan fingerprint density at radius 1 is 1.26 bits per heavy atom. The van der Waals surface area contributed by atoms with Crippen molar-refractivity contribution in [3.05, 3.63) is 29.8 Å². The Morgan fingerprint density at radius 2 is 1.89 bits per heavy atom. The third-order valence-corrected chi connectivity index (χ3v) is 2.52. The van der Waals surface area contributed by atoms with Crippen LogP contribution < -0.4 is 16.0 Å². The first kappa shape index (κ1) is 15.0. The van der Waals surface area contributed by atoms with Crippen LogP contribution in [0.2, 0.25) is 0 Å². The van der Waals surface area contributed by atoms with E-state index in [1.807, 2.05) is 0 Å². The molecule has 0 aliphatic heterocycles. The van der Waals surface area contributed by atoms with Gasteiger partial charge in [0, 0.05) is 13.1 Å². The van der Waals surface area contributed by atoms with E-state index in [0.29, 0.717) is 13.1 Å². The normalized spacial score (nSPS) is 11.7. The van der Waals surface area contributed by atoms with Crippen molar-refractivity contribution in [3.8, 4) is 5.75 Å². The topological polar surface area (TPSA) is 90.5 Å². The molecular formula is C13H19N3O3. The van der Waals surface area contributed by atoms with Crippen molar-refractivity contribution in [2.45, 2.75) is 26.4 Å². The SMILES string of the molecule is CCNC(=O)NC(=O)C(C)NCc1ccc(O)cc1. The molecule has 1 rings (SSSR count). The molecule has 1 atom stereocenters. The van der Waals surface area contributed by atoms with Gasteiger partial charge in [-0.3, -0.25) is 10.1 Å². The zero-order valence-corrected chi connectivity index (χ0v) is 11.1. The molecule has 0 saturated carbocycles. The van der Waals surface area contributed by atoms with Gasteiger partial charge in [-0.25, -0.2) is 4.79 Å². The van der Waals surface area contributed by atoms with E-state index in [9.17, 15) is 9.59 Å². The van der Waals surface area contributed by atoms with Gasteiger partial charge in [-0.15, -0.1) is 0 Å². The molecular weight excluding hydrogens is 246 g/mol. The molecule has 3 amide bonds. The van der Waals surface area contributed by atoms with Crippen LogP contribution in [0.5, 0.6) is 5.75 Å². The summed E-state index contributed by atoms with van der Waals surface area (Å²) >= 11 is 0. The first-order valence-corrected chi connectivity index (χ1v) is 6.13. The van der Waals surface area contributed by atoms with E-state index >= 15 is 0 Å². The molecule has 4 N–H and O–H groups in total. The molecule has 0 spiro atoms. The van der Waals surface area contributed by atoms with Crippen LogP contribution in [0.1, 0.15) is 19.4 Å². The van der Waals surface area contributed by atoms with Crippen molar-refractivity contribution >= 4 is 11.9 Å². The standard InChI is InChI=1S/C13H19N3O3/c1-3-14-13(19)16-12(18)9(2)15-8-10-4-6-11(17)7-5-10/h4-7,9,15,17H,3,8H2,1-2H3,(H2,14,16,18,19). The second-order valence-corrected chi connectivity index (χ2v) is 4.12. The number of hydrogen-bond acceptors (Lipinski definition) is 4. The number of amides is 3. The average Bonchev–Trinajstić information content (AvgIpc) is 2.37. The molecule has 6 heteroatoms. The first-order valence-electron chi connectivity index (χ1n) is 6.13. The van der Waals surface area contributed by atoms with Gasteiger partial charge in [0.05, 0.1) is 6.04 Å². The average molecular weight is 265 g/mol. The Hall–Kier alpha value is -2.08. The Labute approximate surface area is 112 Å². The lowest BCUT2D eigenvalue weighted by Crippen LogP contribution is -2.47. The summed E-state index contributed by atoms with van der Waals surface area (Å²) in [6.45, 7) is 4.39. The lowest BCUT2D eigenvalue weighted by molar-refractivity contribution is -0.121. The van der Waals surface area contributed by atoms with E-state index in [1.165, 1.54) is 0 Å². The van der Waals surface area contributed by atoms with E-state index in [-0.39, 0.29) is 11.7 Å². The number of phenols is 1. The summed E-state index contributed by atoms with van der Waals surface area (Å²) in [7, 11) is 0. The number of benzene rings is 1. The number of phenolic OH excluding ortho intramolecular Hbond substituents is 1. The predicted octanol–water partition coefficient (Wildman–Crippen LogP) is 0.716. The summed E-state index contributed by atoms with van der Waals surface area (Å²) in [5.74, 6) is -0.185. The molecule has 19 heavy (non-hydrogen) atoms. The van der Waals surface area contributed by atoms with Crippen LogP contribution in [0, 0.1) is 0 Å². The number of nitrogens with one attached hydrogen (secondary N) is 3. The highest BCUT2D eigenvalue weighted by Gasteiger charge is 2.14. The molecule has 0 heterocycles. The summed E-state index contributed by atoms with van der Waals surface area (Å²) in [4.78, 5) is 22.8. The van der Waals surface area contributed by atoms with Crippen molar-refractivity contribution in [1.82, 2.24) is 16.0 Å². The highest BCUT2D eigenvalue weighted by atomic mass is 16.3. The Balaban J connectivity index is 2.38. The van der Waals surface area contributed by atoms with Gasteiger partial charge in [0.15, 0.2) is 0 Å². The molecule has 1 aromatic rings. The minimum absolute atomic E-state index is 0.200. The quantitative estimate of drug-likeness (QED) is 0.631. The fourth-order valence-electron chi connectivity index (χ4n) is 1.40. The molecule has 0 aliphatic rings. The Bertz CT molecular complexity index is 431. The zero-order chi connectivity index (χ0) is 14.3. The lowest BCUT2D eigenvalue weighted by atomic mass is 10.2. The maximum absolute atomic E-state index is 11.6. The largest absolute Gasteiger partial charge is 0.508 e. The molecule has 1 aromatic carbocycles. The highest BCUT2D eigenvalue weighted by Crippen LogP contribution is 2.09. The molecule has 0 radical (unpaired) electrons. The molecule has 1 unspecified atom stereocenters. The minimum Gasteiger partial charge on any atom is -0.508 e. The number of imide groups is 1. The molecule has 0 bridgehead atoms. The number of carbonyl (C=O) groups is 2. The second-order valence-electron chi connectivity index (χ2n) is 4.12. The first-order chi connectivity index (χ1) is 9.02. The summed E-state index contributed by atoms with van der Waals surface area (Å²) < 4.78 is 0. The maximum atomic E-state index is 11.6. The van der Waals surface area contributed by atoms with Gasteiger partial charge in [-0.05, 0) is 31.5 Å². The Morgan fingerprint density at radius 3 is 2.47 bits per heavy atom. The van der Waals surface area contributed by atoms with E-state index in [4.69, 9.17) is 5.11 Å². The highest BCUT2D eigenvalue weighted by molar-refractivity contribution is 5.96. The summed E-state index contributed by atoms with van der Waals surface area (Å²) in [6.07, 6.45) is 0. The molecule has 0 aromatic heterocycles. The van der Waals surface area contributed by atoms with Gasteiger partial charge in [-0.2, -0.15) is 0 Å². The van der Waals surface area contributed by atoms with Gasteiger partial charge < -0.3 is 15.7 Å². The van der Waals surface area contributed by atoms with E-state index in [1.54, 1.807) is 38.1 Å². The summed E-state index contributed by atoms with van der Waals surface area (Å²) in [5, 5.41) is 16.9. The van der Waals surface area contributed by atoms with E-state index in [0.717, 1.165) is 5.56 Å². The van der Waals surface area contributed by atoms with Crippen molar-refractivity contribution in [2.24, 2.45) is 0 Å². The van der Waals surface area contributed by atoms with Crippen molar-refractivity contribution < 1.29 is 14.7 Å². The molecule has 0 fully saturated rings. The van der Waals surface area contributed by atoms with Gasteiger partial charge in [0.25, 0.3) is 0 Å². The molecule has 0 saturated heterocycles. The smallest absolute Gasteiger partial charge is 0.321 e. The van der Waals surface area contributed by atoms with Gasteiger partial charge >= 0.3 is 6.03 Å². The third kappa shape index (κ3) is 5.39. The van der Waals surface area contributed by atoms with E-state index in [2.05, 4.69) is 16.0 Å². The van der Waals surface area contributed by atoms with Crippen LogP contribution in [0.15, 0.2) is 24.3 Å². The van der Waals surface area contributed by atoms with Gasteiger partial charge in [0.1, 0.15) is 5.75 Å². The Kier molecular flexibility index (Phi) is 5.81. The third-order valence-electron chi connectivity index (χ3n) is 2.52. The predicted molar refractivity (Wildman–Crippen MR) is 71.6 cm³/mol. The van der Waals surface area contributed by atoms with Gasteiger partial charge in [-0.1, -0.05) is 12.1 Å². The van der Waals surface area contributed by atoms with Crippen LogP contribution in [-0.4, -0.2) is 29.6 Å². The zero-order valence-electron chi connectivity index (χ0n) is 11.1. The van der Waals surface area contributed by atoms with Crippen molar-refractivity contribution in [2.75, 3.05) is 6.54 Å².